The number of hydrogen-bond donors (Lipinski definition) is 3. The van der Waals surface area contributed by atoms with E-state index in [2.05, 4.69) is 27.0 Å². The molecule has 2 rings (SSSR count). The molecule has 1 fully saturated rings. The Labute approximate surface area is 140 Å². The number of carbonyl (C=O) groups is 1. The highest BCUT2D eigenvalue weighted by molar-refractivity contribution is 5.86. The van der Waals surface area contributed by atoms with E-state index in [1.165, 1.54) is 44.9 Å². The van der Waals surface area contributed by atoms with Crippen molar-refractivity contribution in [2.45, 2.75) is 70.3 Å². The van der Waals surface area contributed by atoms with E-state index in [-0.39, 0.29) is 5.91 Å². The number of guanidine groups is 1. The first-order valence-electron chi connectivity index (χ1n) is 9.19. The van der Waals surface area contributed by atoms with Crippen molar-refractivity contribution < 1.29 is 4.79 Å². The van der Waals surface area contributed by atoms with E-state index in [0.717, 1.165) is 25.8 Å². The van der Waals surface area contributed by atoms with Crippen LogP contribution >= 0.6 is 0 Å². The fraction of sp³-hybridized carbons (Fsp3) is 0.778. The smallest absolute Gasteiger partial charge is 0.239 e. The summed E-state index contributed by atoms with van der Waals surface area (Å²) in [6.07, 6.45) is 14.6. The van der Waals surface area contributed by atoms with Crippen molar-refractivity contribution in [3.63, 3.8) is 0 Å². The summed E-state index contributed by atoms with van der Waals surface area (Å²) in [6, 6.07) is 0.367. The first-order chi connectivity index (χ1) is 11.3. The average Bonchev–Trinajstić information content (AvgIpc) is 2.59. The molecule has 0 aromatic rings. The number of nitrogens with zero attached hydrogens (tertiary/aromatic N) is 1. The van der Waals surface area contributed by atoms with Gasteiger partial charge in [0.1, 0.15) is 0 Å². The molecule has 0 spiro atoms. The zero-order chi connectivity index (χ0) is 16.3. The minimum absolute atomic E-state index is 0.0647. The van der Waals surface area contributed by atoms with E-state index < -0.39 is 0 Å². The van der Waals surface area contributed by atoms with Gasteiger partial charge in [0, 0.05) is 19.6 Å². The van der Waals surface area contributed by atoms with Crippen LogP contribution in [0, 0.1) is 0 Å². The van der Waals surface area contributed by atoms with E-state index in [1.807, 2.05) is 0 Å². The number of rotatable bonds is 6. The summed E-state index contributed by atoms with van der Waals surface area (Å²) >= 11 is 0. The van der Waals surface area contributed by atoms with Gasteiger partial charge in [0.05, 0.1) is 6.54 Å². The maximum atomic E-state index is 12.0. The third-order valence-electron chi connectivity index (χ3n) is 4.73. The van der Waals surface area contributed by atoms with Crippen LogP contribution in [-0.2, 0) is 4.79 Å². The summed E-state index contributed by atoms with van der Waals surface area (Å²) in [5, 5.41) is 9.51. The van der Waals surface area contributed by atoms with Crippen LogP contribution in [0.1, 0.15) is 64.2 Å². The van der Waals surface area contributed by atoms with Gasteiger partial charge in [-0.25, -0.2) is 0 Å². The molecule has 5 nitrogen and oxygen atoms in total. The lowest BCUT2D eigenvalue weighted by molar-refractivity contribution is -0.120. The lowest BCUT2D eigenvalue weighted by Crippen LogP contribution is -2.46. The highest BCUT2D eigenvalue weighted by Gasteiger charge is 2.15. The predicted molar refractivity (Wildman–Crippen MR) is 95.5 cm³/mol. The molecule has 0 saturated heterocycles. The molecule has 3 N–H and O–H groups in total. The van der Waals surface area contributed by atoms with E-state index in [1.54, 1.807) is 12.6 Å². The van der Waals surface area contributed by atoms with Gasteiger partial charge in [0.25, 0.3) is 0 Å². The van der Waals surface area contributed by atoms with Crippen molar-refractivity contribution in [3.8, 4) is 0 Å². The SMILES string of the molecule is CN=C(NCCC1=CCCCC1)NCC(=O)NC1CCCCC1. The Balaban J connectivity index is 1.60. The van der Waals surface area contributed by atoms with Crippen molar-refractivity contribution in [2.24, 2.45) is 4.99 Å². The number of hydrogen-bond acceptors (Lipinski definition) is 2. The summed E-state index contributed by atoms with van der Waals surface area (Å²) in [7, 11) is 1.74. The van der Waals surface area contributed by atoms with Crippen LogP contribution in [0.15, 0.2) is 16.6 Å². The molecule has 0 aromatic heterocycles. The van der Waals surface area contributed by atoms with E-state index in [9.17, 15) is 4.79 Å². The van der Waals surface area contributed by atoms with Crippen molar-refractivity contribution in [1.29, 1.82) is 0 Å². The van der Waals surface area contributed by atoms with Gasteiger partial charge in [-0.05, 0) is 44.9 Å². The molecular formula is C18H32N4O. The number of aliphatic imine (C=N–C) groups is 1. The lowest BCUT2D eigenvalue weighted by atomic mass is 9.95. The largest absolute Gasteiger partial charge is 0.356 e. The van der Waals surface area contributed by atoms with Gasteiger partial charge in [-0.2, -0.15) is 0 Å². The summed E-state index contributed by atoms with van der Waals surface area (Å²) in [6.45, 7) is 1.16. The fourth-order valence-electron chi connectivity index (χ4n) is 3.38. The van der Waals surface area contributed by atoms with Gasteiger partial charge >= 0.3 is 0 Å². The molecule has 0 atom stereocenters. The second-order valence-electron chi connectivity index (χ2n) is 6.61. The van der Waals surface area contributed by atoms with Crippen LogP contribution < -0.4 is 16.0 Å². The Hall–Kier alpha value is -1.52. The summed E-state index contributed by atoms with van der Waals surface area (Å²) in [5.74, 6) is 0.773. The van der Waals surface area contributed by atoms with Gasteiger partial charge in [0.2, 0.25) is 5.91 Å². The van der Waals surface area contributed by atoms with E-state index in [4.69, 9.17) is 0 Å². The summed E-state index contributed by atoms with van der Waals surface area (Å²) in [5.41, 5.74) is 1.55. The maximum absolute atomic E-state index is 12.0. The van der Waals surface area contributed by atoms with Crippen LogP contribution in [0.4, 0.5) is 0 Å². The molecule has 130 valence electrons. The normalized spacial score (nSPS) is 19.9. The minimum Gasteiger partial charge on any atom is -0.356 e. The zero-order valence-electron chi connectivity index (χ0n) is 14.5. The Kier molecular flexibility index (Phi) is 7.98. The first-order valence-corrected chi connectivity index (χ1v) is 9.19. The maximum Gasteiger partial charge on any atom is 0.239 e. The molecule has 0 aromatic carbocycles. The third-order valence-corrected chi connectivity index (χ3v) is 4.73. The Morgan fingerprint density at radius 2 is 2.00 bits per heavy atom. The average molecular weight is 320 g/mol. The van der Waals surface area contributed by atoms with Crippen LogP contribution in [0.25, 0.3) is 0 Å². The molecule has 0 bridgehead atoms. The van der Waals surface area contributed by atoms with Crippen molar-refractivity contribution in [2.75, 3.05) is 20.1 Å². The van der Waals surface area contributed by atoms with Gasteiger partial charge in [-0.15, -0.1) is 0 Å². The minimum atomic E-state index is 0.0647. The topological polar surface area (TPSA) is 65.5 Å². The van der Waals surface area contributed by atoms with Crippen LogP contribution in [0.2, 0.25) is 0 Å². The van der Waals surface area contributed by atoms with Gasteiger partial charge in [-0.3, -0.25) is 9.79 Å². The molecular weight excluding hydrogens is 288 g/mol. The Morgan fingerprint density at radius 1 is 1.17 bits per heavy atom. The van der Waals surface area contributed by atoms with Crippen LogP contribution in [0.3, 0.4) is 0 Å². The van der Waals surface area contributed by atoms with Gasteiger partial charge < -0.3 is 16.0 Å². The zero-order valence-corrected chi connectivity index (χ0v) is 14.5. The van der Waals surface area contributed by atoms with E-state index >= 15 is 0 Å². The first kappa shape index (κ1) is 17.8. The number of amides is 1. The molecule has 2 aliphatic rings. The van der Waals surface area contributed by atoms with Crippen molar-refractivity contribution >= 4 is 11.9 Å². The quantitative estimate of drug-likeness (QED) is 0.400. The number of carbonyl (C=O) groups excluding carboxylic acids is 1. The predicted octanol–water partition coefficient (Wildman–Crippen LogP) is 2.49. The van der Waals surface area contributed by atoms with Gasteiger partial charge in [-0.1, -0.05) is 30.9 Å². The van der Waals surface area contributed by atoms with E-state index in [0.29, 0.717) is 18.5 Å². The molecule has 2 aliphatic carbocycles. The Bertz CT molecular complexity index is 425. The molecule has 1 amide bonds. The molecule has 23 heavy (non-hydrogen) atoms. The number of allylic oxidation sites excluding steroid dienone is 1. The molecule has 0 aliphatic heterocycles. The molecule has 1 saturated carbocycles. The molecule has 5 heteroatoms. The lowest BCUT2D eigenvalue weighted by Gasteiger charge is -2.23. The molecule has 0 radical (unpaired) electrons. The highest BCUT2D eigenvalue weighted by Crippen LogP contribution is 2.19. The summed E-state index contributed by atoms with van der Waals surface area (Å²) < 4.78 is 0. The van der Waals surface area contributed by atoms with Crippen molar-refractivity contribution in [1.82, 2.24) is 16.0 Å². The number of nitrogens with one attached hydrogen (secondary N) is 3. The second kappa shape index (κ2) is 10.3. The highest BCUT2D eigenvalue weighted by atomic mass is 16.2. The van der Waals surface area contributed by atoms with Crippen molar-refractivity contribution in [3.05, 3.63) is 11.6 Å². The fourth-order valence-corrected chi connectivity index (χ4v) is 3.38. The van der Waals surface area contributed by atoms with Gasteiger partial charge in [0.15, 0.2) is 5.96 Å². The standard InChI is InChI=1S/C18H32N4O/c1-19-18(20-13-12-15-8-4-2-5-9-15)21-14-17(23)22-16-10-6-3-7-11-16/h8,16H,2-7,9-14H2,1H3,(H,22,23)(H2,19,20,21). The Morgan fingerprint density at radius 3 is 2.70 bits per heavy atom. The van der Waals surface area contributed by atoms with Crippen LogP contribution in [-0.4, -0.2) is 38.0 Å². The van der Waals surface area contributed by atoms with Crippen LogP contribution in [0.5, 0.6) is 0 Å². The molecule has 0 unspecified atom stereocenters. The molecule has 0 heterocycles. The monoisotopic (exact) mass is 320 g/mol. The third kappa shape index (κ3) is 7.06. The summed E-state index contributed by atoms with van der Waals surface area (Å²) in [4.78, 5) is 16.2. The second-order valence-corrected chi connectivity index (χ2v) is 6.61.